The normalized spacial score (nSPS) is 18.9. The van der Waals surface area contributed by atoms with Crippen LogP contribution >= 0.6 is 0 Å². The standard InChI is InChI=1S/C43H50F2N8/c1-27-8-6-7-9-41-38(23-46-50(41)5)40-19-33(16-28(2)47-40)29(3)48-43-49-39-11-10-32(18-42(39)53(43)24-27)17-31-12-14-51(15-13-31)30(4)34-25-52(26-34)37-21-35(44)20-36(45)22-37/h10-11,16,18-23,27,31,34H,3-4,6-9,12-15,17,24-26H2,1-2,5H3,(H,48,49)/t27-/m1/s1. The number of likely N-dealkylation sites (tertiary alicyclic amines) is 1. The van der Waals surface area contributed by atoms with Gasteiger partial charge in [0.15, 0.2) is 0 Å². The lowest BCUT2D eigenvalue weighted by Gasteiger charge is -2.46. The quantitative estimate of drug-likeness (QED) is 0.196. The number of anilines is 2. The fraction of sp³-hybridized carbons (Fsp3) is 0.419. The van der Waals surface area contributed by atoms with E-state index in [4.69, 9.17) is 9.97 Å². The summed E-state index contributed by atoms with van der Waals surface area (Å²) in [4.78, 5) is 14.5. The zero-order valence-electron chi connectivity index (χ0n) is 31.2. The van der Waals surface area contributed by atoms with Crippen molar-refractivity contribution in [2.24, 2.45) is 24.8 Å². The van der Waals surface area contributed by atoms with Gasteiger partial charge in [-0.1, -0.05) is 32.6 Å². The second kappa shape index (κ2) is 14.4. The predicted octanol–water partition coefficient (Wildman–Crippen LogP) is 8.77. The van der Waals surface area contributed by atoms with E-state index in [1.807, 2.05) is 29.7 Å². The van der Waals surface area contributed by atoms with Crippen molar-refractivity contribution in [3.05, 3.63) is 108 Å². The van der Waals surface area contributed by atoms with Crippen molar-refractivity contribution < 1.29 is 8.78 Å². The van der Waals surface area contributed by atoms with Crippen LogP contribution in [0.2, 0.25) is 0 Å². The van der Waals surface area contributed by atoms with E-state index < -0.39 is 11.6 Å². The fourth-order valence-corrected chi connectivity index (χ4v) is 8.56. The highest BCUT2D eigenvalue weighted by Gasteiger charge is 2.33. The number of halogens is 2. The van der Waals surface area contributed by atoms with Crippen LogP contribution in [0.1, 0.15) is 61.5 Å². The third-order valence-electron chi connectivity index (χ3n) is 11.7. The summed E-state index contributed by atoms with van der Waals surface area (Å²) in [5.74, 6) is 1.13. The highest BCUT2D eigenvalue weighted by molar-refractivity contribution is 5.83. The number of hydrogen-bond acceptors (Lipinski definition) is 6. The fourth-order valence-electron chi connectivity index (χ4n) is 8.56. The van der Waals surface area contributed by atoms with Crippen LogP contribution in [0.3, 0.4) is 0 Å². The van der Waals surface area contributed by atoms with Gasteiger partial charge < -0.3 is 19.7 Å². The highest BCUT2D eigenvalue weighted by atomic mass is 19.1. The van der Waals surface area contributed by atoms with Crippen LogP contribution in [-0.2, 0) is 26.4 Å². The number of aryl methyl sites for hydroxylation is 2. The van der Waals surface area contributed by atoms with Gasteiger partial charge in [-0.15, -0.1) is 0 Å². The van der Waals surface area contributed by atoms with Crippen molar-refractivity contribution in [2.75, 3.05) is 36.4 Å². The minimum Gasteiger partial charge on any atom is -0.375 e. The molecular formula is C43H50F2N8. The molecule has 0 amide bonds. The average molecular weight is 717 g/mol. The lowest BCUT2D eigenvalue weighted by Crippen LogP contribution is -2.51. The van der Waals surface area contributed by atoms with Crippen LogP contribution in [-0.4, -0.2) is 55.4 Å². The molecule has 0 unspecified atom stereocenters. The largest absolute Gasteiger partial charge is 0.375 e. The average Bonchev–Trinajstić information content (AvgIpc) is 3.63. The maximum Gasteiger partial charge on any atom is 0.208 e. The molecule has 0 aliphatic carbocycles. The first-order chi connectivity index (χ1) is 25.6. The molecule has 8 rings (SSSR count). The monoisotopic (exact) mass is 716 g/mol. The van der Waals surface area contributed by atoms with Gasteiger partial charge in [-0.3, -0.25) is 9.67 Å². The second-order valence-corrected chi connectivity index (χ2v) is 15.7. The van der Waals surface area contributed by atoms with Crippen molar-refractivity contribution in [1.29, 1.82) is 0 Å². The van der Waals surface area contributed by atoms with E-state index in [9.17, 15) is 8.78 Å². The molecular weight excluding hydrogens is 667 g/mol. The number of imidazole rings is 1. The summed E-state index contributed by atoms with van der Waals surface area (Å²) < 4.78 is 31.9. The Morgan fingerprint density at radius 1 is 0.943 bits per heavy atom. The number of nitrogens with one attached hydrogen (secondary N) is 1. The molecule has 2 saturated heterocycles. The van der Waals surface area contributed by atoms with Gasteiger partial charge in [-0.25, -0.2) is 13.8 Å². The minimum atomic E-state index is -0.536. The summed E-state index contributed by atoms with van der Waals surface area (Å²) in [7, 11) is 2.03. The van der Waals surface area contributed by atoms with Gasteiger partial charge in [0.2, 0.25) is 5.95 Å². The SMILES string of the molecule is C=C1Nc2nc3ccc(CC4CCN(C(=C)C5CN(c6cc(F)cc(F)c6)C5)CC4)cc3n2C[C@H](C)CCCCc2c(cnn2C)-c2cc1cc(C)n2. The summed E-state index contributed by atoms with van der Waals surface area (Å²) in [6, 6.07) is 14.7. The van der Waals surface area contributed by atoms with E-state index in [0.717, 1.165) is 135 Å². The van der Waals surface area contributed by atoms with Crippen molar-refractivity contribution in [3.63, 3.8) is 0 Å². The molecule has 1 atom stereocenters. The molecule has 53 heavy (non-hydrogen) atoms. The van der Waals surface area contributed by atoms with Crippen LogP contribution in [0.25, 0.3) is 28.0 Å². The highest BCUT2D eigenvalue weighted by Crippen LogP contribution is 2.35. The third kappa shape index (κ3) is 7.33. The Morgan fingerprint density at radius 2 is 1.72 bits per heavy atom. The predicted molar refractivity (Wildman–Crippen MR) is 209 cm³/mol. The van der Waals surface area contributed by atoms with Gasteiger partial charge in [-0.05, 0) is 99.2 Å². The van der Waals surface area contributed by atoms with Gasteiger partial charge >= 0.3 is 0 Å². The van der Waals surface area contributed by atoms with E-state index in [1.165, 1.54) is 23.4 Å². The molecule has 276 valence electrons. The molecule has 2 aromatic carbocycles. The van der Waals surface area contributed by atoms with Crippen LogP contribution < -0.4 is 10.2 Å². The molecule has 0 saturated carbocycles. The summed E-state index contributed by atoms with van der Waals surface area (Å²) in [6.07, 6.45) is 9.54. The van der Waals surface area contributed by atoms with E-state index in [-0.39, 0.29) is 0 Å². The van der Waals surface area contributed by atoms with E-state index >= 15 is 0 Å². The smallest absolute Gasteiger partial charge is 0.208 e. The van der Waals surface area contributed by atoms with Crippen LogP contribution in [0.5, 0.6) is 0 Å². The Kier molecular flexibility index (Phi) is 9.55. The number of fused-ring (bicyclic) bond motifs is 7. The van der Waals surface area contributed by atoms with Crippen LogP contribution in [0.15, 0.2) is 73.6 Å². The Labute approximate surface area is 311 Å². The third-order valence-corrected chi connectivity index (χ3v) is 11.7. The molecule has 3 aromatic heterocycles. The molecule has 2 fully saturated rings. The molecule has 2 bridgehead atoms. The number of hydrogen-bond donors (Lipinski definition) is 1. The maximum atomic E-state index is 13.7. The van der Waals surface area contributed by atoms with E-state index in [1.54, 1.807) is 0 Å². The van der Waals surface area contributed by atoms with Gasteiger partial charge in [0.25, 0.3) is 0 Å². The summed E-state index contributed by atoms with van der Waals surface area (Å²) in [5.41, 5.74) is 11.2. The van der Waals surface area contributed by atoms with Crippen molar-refractivity contribution in [2.45, 2.75) is 65.3 Å². The molecule has 0 radical (unpaired) electrons. The van der Waals surface area contributed by atoms with Crippen LogP contribution in [0.4, 0.5) is 20.4 Å². The second-order valence-electron chi connectivity index (χ2n) is 15.7. The first kappa shape index (κ1) is 35.1. The number of pyridine rings is 1. The zero-order chi connectivity index (χ0) is 36.8. The molecule has 1 N–H and O–H groups in total. The topological polar surface area (TPSA) is 67.0 Å². The van der Waals surface area contributed by atoms with Gasteiger partial charge in [0.1, 0.15) is 11.6 Å². The summed E-state index contributed by atoms with van der Waals surface area (Å²) in [5, 5.41) is 8.21. The van der Waals surface area contributed by atoms with Crippen molar-refractivity contribution in [3.8, 4) is 11.3 Å². The number of benzene rings is 2. The summed E-state index contributed by atoms with van der Waals surface area (Å²) >= 11 is 0. The molecule has 3 aliphatic rings. The molecule has 10 heteroatoms. The maximum absolute atomic E-state index is 13.7. The molecule has 3 aliphatic heterocycles. The Hall–Kier alpha value is -4.99. The lowest BCUT2D eigenvalue weighted by molar-refractivity contribution is 0.199. The minimum absolute atomic E-state index is 0.312. The first-order valence-corrected chi connectivity index (χ1v) is 19.2. The Balaban J connectivity index is 0.960. The molecule has 5 aromatic rings. The first-order valence-electron chi connectivity index (χ1n) is 19.2. The van der Waals surface area contributed by atoms with Gasteiger partial charge in [-0.2, -0.15) is 5.10 Å². The number of rotatable bonds is 5. The van der Waals surface area contributed by atoms with Gasteiger partial charge in [0, 0.05) is 91.4 Å². The van der Waals surface area contributed by atoms with E-state index in [0.29, 0.717) is 23.4 Å². The summed E-state index contributed by atoms with van der Waals surface area (Å²) in [6.45, 7) is 17.6. The Morgan fingerprint density at radius 3 is 2.49 bits per heavy atom. The van der Waals surface area contributed by atoms with Crippen molar-refractivity contribution in [1.82, 2.24) is 29.2 Å². The molecule has 6 heterocycles. The van der Waals surface area contributed by atoms with Crippen LogP contribution in [0, 0.1) is 36.3 Å². The number of nitrogens with zero attached hydrogens (tertiary/aromatic N) is 7. The number of aromatic nitrogens is 5. The van der Waals surface area contributed by atoms with Crippen molar-refractivity contribution >= 4 is 28.4 Å². The lowest BCUT2D eigenvalue weighted by atomic mass is 9.88. The van der Waals surface area contributed by atoms with E-state index in [2.05, 4.69) is 70.3 Å². The number of piperidine rings is 1. The molecule has 0 spiro atoms. The van der Waals surface area contributed by atoms with Gasteiger partial charge in [0.05, 0.1) is 22.9 Å². The zero-order valence-corrected chi connectivity index (χ0v) is 31.2. The Bertz CT molecular complexity index is 2150. The molecule has 8 nitrogen and oxygen atoms in total.